The van der Waals surface area contributed by atoms with Crippen LogP contribution in [-0.4, -0.2) is 29.4 Å². The number of likely N-dealkylation sites (tertiary alicyclic amines) is 1. The van der Waals surface area contributed by atoms with Crippen LogP contribution in [0.2, 0.25) is 0 Å². The Bertz CT molecular complexity index is 444. The molecule has 0 aliphatic carbocycles. The van der Waals surface area contributed by atoms with Crippen molar-refractivity contribution in [2.45, 2.75) is 51.6 Å². The molecule has 2 atom stereocenters. The summed E-state index contributed by atoms with van der Waals surface area (Å²) in [5, 5.41) is 0. The minimum absolute atomic E-state index is 0.216. The second-order valence-electron chi connectivity index (χ2n) is 5.64. The molecule has 3 heteroatoms. The first kappa shape index (κ1) is 14.1. The van der Waals surface area contributed by atoms with E-state index in [0.29, 0.717) is 19.0 Å². The summed E-state index contributed by atoms with van der Waals surface area (Å²) in [6.07, 6.45) is 3.80. The zero-order valence-electron chi connectivity index (χ0n) is 11.9. The number of nitrogens with two attached hydrogens (primary N) is 1. The third-order valence-electron chi connectivity index (χ3n) is 4.03. The van der Waals surface area contributed by atoms with Crippen molar-refractivity contribution < 1.29 is 4.79 Å². The van der Waals surface area contributed by atoms with Gasteiger partial charge in [0, 0.05) is 18.6 Å². The molecular formula is C16H24N2O. The fraction of sp³-hybridized carbons (Fsp3) is 0.562. The Hall–Kier alpha value is -1.35. The highest BCUT2D eigenvalue weighted by Crippen LogP contribution is 2.23. The van der Waals surface area contributed by atoms with Crippen LogP contribution in [0.25, 0.3) is 0 Å². The zero-order chi connectivity index (χ0) is 13.8. The van der Waals surface area contributed by atoms with Gasteiger partial charge in [0.1, 0.15) is 0 Å². The maximum Gasteiger partial charge on any atom is 0.227 e. The Kier molecular flexibility index (Phi) is 4.59. The van der Waals surface area contributed by atoms with Gasteiger partial charge in [-0.15, -0.1) is 0 Å². The smallest absolute Gasteiger partial charge is 0.227 e. The van der Waals surface area contributed by atoms with Gasteiger partial charge in [0.05, 0.1) is 6.42 Å². The van der Waals surface area contributed by atoms with E-state index in [1.54, 1.807) is 0 Å². The molecule has 0 bridgehead atoms. The lowest BCUT2D eigenvalue weighted by molar-refractivity contribution is -0.136. The molecule has 0 spiro atoms. The van der Waals surface area contributed by atoms with Crippen LogP contribution >= 0.6 is 0 Å². The highest BCUT2D eigenvalue weighted by atomic mass is 16.2. The van der Waals surface area contributed by atoms with Crippen LogP contribution in [0, 0.1) is 6.92 Å². The van der Waals surface area contributed by atoms with E-state index in [0.717, 1.165) is 18.4 Å². The quantitative estimate of drug-likeness (QED) is 0.906. The van der Waals surface area contributed by atoms with Crippen molar-refractivity contribution in [2.24, 2.45) is 5.73 Å². The molecule has 1 aromatic rings. The summed E-state index contributed by atoms with van der Waals surface area (Å²) in [4.78, 5) is 14.5. The molecule has 1 aliphatic heterocycles. The summed E-state index contributed by atoms with van der Waals surface area (Å²) in [5.74, 6) is 0.216. The molecule has 0 aromatic heterocycles. The number of hydrogen-bond acceptors (Lipinski definition) is 2. The monoisotopic (exact) mass is 260 g/mol. The molecule has 0 radical (unpaired) electrons. The van der Waals surface area contributed by atoms with Crippen LogP contribution in [-0.2, 0) is 11.2 Å². The Labute approximate surface area is 115 Å². The largest absolute Gasteiger partial charge is 0.335 e. The summed E-state index contributed by atoms with van der Waals surface area (Å²) < 4.78 is 0. The van der Waals surface area contributed by atoms with E-state index in [1.165, 1.54) is 12.0 Å². The van der Waals surface area contributed by atoms with E-state index in [2.05, 4.69) is 26.0 Å². The van der Waals surface area contributed by atoms with E-state index < -0.39 is 0 Å². The van der Waals surface area contributed by atoms with Crippen LogP contribution in [0.4, 0.5) is 0 Å². The molecule has 1 heterocycles. The molecule has 1 saturated heterocycles. The maximum atomic E-state index is 12.5. The van der Waals surface area contributed by atoms with Crippen molar-refractivity contribution in [2.75, 3.05) is 6.54 Å². The number of carbonyl (C=O) groups excluding carboxylic acids is 1. The maximum absolute atomic E-state index is 12.5. The highest BCUT2D eigenvalue weighted by Gasteiger charge is 2.30. The zero-order valence-corrected chi connectivity index (χ0v) is 11.9. The molecular weight excluding hydrogens is 236 g/mol. The van der Waals surface area contributed by atoms with Gasteiger partial charge < -0.3 is 10.6 Å². The molecule has 1 amide bonds. The molecule has 19 heavy (non-hydrogen) atoms. The Morgan fingerprint density at radius 3 is 2.89 bits per heavy atom. The summed E-state index contributed by atoms with van der Waals surface area (Å²) in [5.41, 5.74) is 8.11. The topological polar surface area (TPSA) is 46.3 Å². The molecule has 3 nitrogen and oxygen atoms in total. The lowest BCUT2D eigenvalue weighted by atomic mass is 9.95. The summed E-state index contributed by atoms with van der Waals surface area (Å²) in [6.45, 7) is 4.76. The van der Waals surface area contributed by atoms with Crippen LogP contribution < -0.4 is 5.73 Å². The lowest BCUT2D eigenvalue weighted by Gasteiger charge is -2.40. The standard InChI is InChI=1S/C16H24N2O/c1-12-5-3-7-14(9-12)10-16(19)18-13(2)6-4-8-15(18)11-17/h3,5,7,9,13,15H,4,6,8,10-11,17H2,1-2H3. The van der Waals surface area contributed by atoms with Crippen LogP contribution in [0.1, 0.15) is 37.3 Å². The van der Waals surface area contributed by atoms with Gasteiger partial charge in [0.25, 0.3) is 0 Å². The lowest BCUT2D eigenvalue weighted by Crippen LogP contribution is -2.52. The molecule has 1 fully saturated rings. The van der Waals surface area contributed by atoms with Crippen LogP contribution in [0.3, 0.4) is 0 Å². The average Bonchev–Trinajstić information content (AvgIpc) is 2.38. The first-order chi connectivity index (χ1) is 9.11. The number of piperidine rings is 1. The molecule has 0 saturated carbocycles. The third kappa shape index (κ3) is 3.35. The van der Waals surface area contributed by atoms with E-state index in [-0.39, 0.29) is 11.9 Å². The number of hydrogen-bond donors (Lipinski definition) is 1. The van der Waals surface area contributed by atoms with Gasteiger partial charge in [-0.25, -0.2) is 0 Å². The van der Waals surface area contributed by atoms with Crippen molar-refractivity contribution in [3.63, 3.8) is 0 Å². The van der Waals surface area contributed by atoms with Gasteiger partial charge in [-0.3, -0.25) is 4.79 Å². The number of rotatable bonds is 3. The minimum atomic E-state index is 0.216. The highest BCUT2D eigenvalue weighted by molar-refractivity contribution is 5.79. The molecule has 104 valence electrons. The number of benzene rings is 1. The van der Waals surface area contributed by atoms with Gasteiger partial charge in [-0.05, 0) is 38.7 Å². The van der Waals surface area contributed by atoms with Gasteiger partial charge in [-0.2, -0.15) is 0 Å². The third-order valence-corrected chi connectivity index (χ3v) is 4.03. The minimum Gasteiger partial charge on any atom is -0.335 e. The van der Waals surface area contributed by atoms with Crippen molar-refractivity contribution in [1.82, 2.24) is 4.90 Å². The van der Waals surface area contributed by atoms with Gasteiger partial charge in [-0.1, -0.05) is 29.8 Å². The molecule has 2 N–H and O–H groups in total. The number of nitrogens with zero attached hydrogens (tertiary/aromatic N) is 1. The van der Waals surface area contributed by atoms with Crippen molar-refractivity contribution in [1.29, 1.82) is 0 Å². The predicted molar refractivity (Wildman–Crippen MR) is 77.9 cm³/mol. The fourth-order valence-electron chi connectivity index (χ4n) is 3.06. The molecule has 2 unspecified atom stereocenters. The van der Waals surface area contributed by atoms with Crippen molar-refractivity contribution in [3.8, 4) is 0 Å². The van der Waals surface area contributed by atoms with Crippen LogP contribution in [0.15, 0.2) is 24.3 Å². The van der Waals surface area contributed by atoms with E-state index in [1.807, 2.05) is 17.0 Å². The second-order valence-corrected chi connectivity index (χ2v) is 5.64. The van der Waals surface area contributed by atoms with Gasteiger partial charge in [0.15, 0.2) is 0 Å². The van der Waals surface area contributed by atoms with Crippen molar-refractivity contribution >= 4 is 5.91 Å². The van der Waals surface area contributed by atoms with E-state index >= 15 is 0 Å². The Morgan fingerprint density at radius 2 is 2.21 bits per heavy atom. The van der Waals surface area contributed by atoms with E-state index in [4.69, 9.17) is 5.73 Å². The van der Waals surface area contributed by atoms with Crippen molar-refractivity contribution in [3.05, 3.63) is 35.4 Å². The summed E-state index contributed by atoms with van der Waals surface area (Å²) in [6, 6.07) is 8.72. The van der Waals surface area contributed by atoms with Gasteiger partial charge in [0.2, 0.25) is 5.91 Å². The predicted octanol–water partition coefficient (Wildman–Crippen LogP) is 2.27. The molecule has 2 rings (SSSR count). The summed E-state index contributed by atoms with van der Waals surface area (Å²) in [7, 11) is 0. The molecule has 1 aliphatic rings. The number of amides is 1. The van der Waals surface area contributed by atoms with E-state index in [9.17, 15) is 4.79 Å². The number of aryl methyl sites for hydroxylation is 1. The second kappa shape index (κ2) is 6.20. The SMILES string of the molecule is Cc1cccc(CC(=O)N2C(C)CCCC2CN)c1. The Balaban J connectivity index is 2.09. The molecule has 1 aromatic carbocycles. The number of carbonyl (C=O) groups is 1. The first-order valence-corrected chi connectivity index (χ1v) is 7.18. The average molecular weight is 260 g/mol. The normalized spacial score (nSPS) is 23.4. The summed E-state index contributed by atoms with van der Waals surface area (Å²) >= 11 is 0. The van der Waals surface area contributed by atoms with Crippen LogP contribution in [0.5, 0.6) is 0 Å². The van der Waals surface area contributed by atoms with Gasteiger partial charge >= 0.3 is 0 Å². The fourth-order valence-corrected chi connectivity index (χ4v) is 3.06. The first-order valence-electron chi connectivity index (χ1n) is 7.18. The Morgan fingerprint density at radius 1 is 1.42 bits per heavy atom.